The Kier molecular flexibility index (Phi) is 9.02. The van der Waals surface area contributed by atoms with Crippen LogP contribution in [0.5, 0.6) is 5.75 Å². The lowest BCUT2D eigenvalue weighted by Gasteiger charge is -2.18. The van der Waals surface area contributed by atoms with Crippen molar-refractivity contribution in [3.8, 4) is 5.75 Å². The van der Waals surface area contributed by atoms with Crippen LogP contribution in [0.15, 0.2) is 22.7 Å². The molecule has 1 rings (SSSR count). The Labute approximate surface area is 138 Å². The summed E-state index contributed by atoms with van der Waals surface area (Å²) in [6.45, 7) is 9.69. The topological polar surface area (TPSA) is 21.3 Å². The summed E-state index contributed by atoms with van der Waals surface area (Å²) < 4.78 is 7.10. The van der Waals surface area contributed by atoms with E-state index in [2.05, 4.69) is 67.1 Å². The summed E-state index contributed by atoms with van der Waals surface area (Å²) in [5, 5.41) is 3.43. The molecule has 3 heteroatoms. The van der Waals surface area contributed by atoms with E-state index < -0.39 is 0 Å². The van der Waals surface area contributed by atoms with Crippen molar-refractivity contribution in [2.45, 2.75) is 71.9 Å². The molecule has 0 spiro atoms. The first-order valence-electron chi connectivity index (χ1n) is 8.27. The highest BCUT2D eigenvalue weighted by Crippen LogP contribution is 2.29. The van der Waals surface area contributed by atoms with Crippen LogP contribution in [0.4, 0.5) is 0 Å². The molecule has 2 nitrogen and oxygen atoms in total. The lowest BCUT2D eigenvalue weighted by Crippen LogP contribution is -2.17. The van der Waals surface area contributed by atoms with E-state index >= 15 is 0 Å². The van der Waals surface area contributed by atoms with E-state index in [0.29, 0.717) is 6.04 Å². The van der Waals surface area contributed by atoms with Gasteiger partial charge in [0.2, 0.25) is 0 Å². The van der Waals surface area contributed by atoms with Crippen LogP contribution < -0.4 is 10.1 Å². The van der Waals surface area contributed by atoms with Crippen LogP contribution in [0.25, 0.3) is 0 Å². The Morgan fingerprint density at radius 3 is 2.52 bits per heavy atom. The van der Waals surface area contributed by atoms with Crippen LogP contribution in [0.3, 0.4) is 0 Å². The maximum Gasteiger partial charge on any atom is 0.133 e. The second-order valence-electron chi connectivity index (χ2n) is 5.75. The first-order valence-corrected chi connectivity index (χ1v) is 9.07. The van der Waals surface area contributed by atoms with E-state index in [4.69, 9.17) is 4.74 Å². The molecule has 0 saturated carbocycles. The molecule has 0 aliphatic rings. The molecular formula is C18H30BrNO. The van der Waals surface area contributed by atoms with E-state index in [1.54, 1.807) is 0 Å². The predicted molar refractivity (Wildman–Crippen MR) is 95.1 cm³/mol. The van der Waals surface area contributed by atoms with Gasteiger partial charge in [0.05, 0.1) is 10.6 Å². The van der Waals surface area contributed by atoms with Gasteiger partial charge in [-0.2, -0.15) is 0 Å². The second kappa shape index (κ2) is 10.2. The maximum absolute atomic E-state index is 6.05. The van der Waals surface area contributed by atoms with Gasteiger partial charge in [0, 0.05) is 6.04 Å². The Morgan fingerprint density at radius 1 is 1.14 bits per heavy atom. The third-order valence-corrected chi connectivity index (χ3v) is 4.38. The highest BCUT2D eigenvalue weighted by Gasteiger charge is 2.10. The fourth-order valence-corrected chi connectivity index (χ4v) is 2.93. The number of rotatable bonds is 10. The minimum absolute atomic E-state index is 0.273. The zero-order valence-corrected chi connectivity index (χ0v) is 15.5. The van der Waals surface area contributed by atoms with Crippen LogP contribution in [0.1, 0.15) is 71.4 Å². The number of ether oxygens (including phenoxy) is 1. The zero-order chi connectivity index (χ0) is 15.7. The van der Waals surface area contributed by atoms with Crippen molar-refractivity contribution in [3.05, 3.63) is 28.2 Å². The number of hydrogen-bond acceptors (Lipinski definition) is 2. The van der Waals surface area contributed by atoms with Crippen molar-refractivity contribution < 1.29 is 4.74 Å². The van der Waals surface area contributed by atoms with Crippen LogP contribution in [-0.2, 0) is 0 Å². The van der Waals surface area contributed by atoms with Gasteiger partial charge in [0.15, 0.2) is 0 Å². The summed E-state index contributed by atoms with van der Waals surface area (Å²) in [6, 6.07) is 6.76. The van der Waals surface area contributed by atoms with E-state index in [-0.39, 0.29) is 6.10 Å². The van der Waals surface area contributed by atoms with E-state index in [0.717, 1.165) is 23.2 Å². The summed E-state index contributed by atoms with van der Waals surface area (Å²) >= 11 is 3.64. The summed E-state index contributed by atoms with van der Waals surface area (Å²) in [6.07, 6.45) is 6.57. The Balaban J connectivity index is 2.52. The molecule has 21 heavy (non-hydrogen) atoms. The van der Waals surface area contributed by atoms with Gasteiger partial charge in [-0.3, -0.25) is 0 Å². The predicted octanol–water partition coefficient (Wildman–Crippen LogP) is 5.86. The molecule has 1 aromatic rings. The average Bonchev–Trinajstić information content (AvgIpc) is 2.46. The molecule has 0 amide bonds. The van der Waals surface area contributed by atoms with Gasteiger partial charge in [0.1, 0.15) is 5.75 Å². The van der Waals surface area contributed by atoms with Crippen LogP contribution >= 0.6 is 15.9 Å². The molecule has 0 bridgehead atoms. The van der Waals surface area contributed by atoms with Gasteiger partial charge in [-0.25, -0.2) is 0 Å². The normalized spacial score (nSPS) is 14.0. The largest absolute Gasteiger partial charge is 0.490 e. The van der Waals surface area contributed by atoms with Crippen LogP contribution in [0.2, 0.25) is 0 Å². The molecule has 0 saturated heterocycles. The van der Waals surface area contributed by atoms with Crippen LogP contribution in [-0.4, -0.2) is 12.6 Å². The van der Waals surface area contributed by atoms with Gasteiger partial charge in [-0.1, -0.05) is 39.2 Å². The SMILES string of the molecule is CCCCCCC(C)Oc1ccc(C(C)NCC)cc1Br. The summed E-state index contributed by atoms with van der Waals surface area (Å²) in [4.78, 5) is 0. The van der Waals surface area contributed by atoms with Crippen LogP contribution in [0, 0.1) is 0 Å². The van der Waals surface area contributed by atoms with Gasteiger partial charge < -0.3 is 10.1 Å². The molecule has 0 radical (unpaired) electrons. The summed E-state index contributed by atoms with van der Waals surface area (Å²) in [5.41, 5.74) is 1.28. The zero-order valence-electron chi connectivity index (χ0n) is 13.9. The fraction of sp³-hybridized carbons (Fsp3) is 0.667. The Hall–Kier alpha value is -0.540. The molecule has 2 unspecified atom stereocenters. The quantitative estimate of drug-likeness (QED) is 0.530. The number of unbranched alkanes of at least 4 members (excludes halogenated alkanes) is 3. The summed E-state index contributed by atoms with van der Waals surface area (Å²) in [5.74, 6) is 0.949. The number of benzene rings is 1. The number of halogens is 1. The Morgan fingerprint density at radius 2 is 1.90 bits per heavy atom. The minimum atomic E-state index is 0.273. The molecule has 0 heterocycles. The highest BCUT2D eigenvalue weighted by atomic mass is 79.9. The number of nitrogens with one attached hydrogen (secondary N) is 1. The molecule has 0 aromatic heterocycles. The number of hydrogen-bond donors (Lipinski definition) is 1. The second-order valence-corrected chi connectivity index (χ2v) is 6.60. The van der Waals surface area contributed by atoms with Crippen molar-refractivity contribution in [3.63, 3.8) is 0 Å². The van der Waals surface area contributed by atoms with Crippen molar-refractivity contribution in [1.29, 1.82) is 0 Å². The van der Waals surface area contributed by atoms with E-state index in [9.17, 15) is 0 Å². The molecule has 0 fully saturated rings. The van der Waals surface area contributed by atoms with E-state index in [1.807, 2.05) is 0 Å². The van der Waals surface area contributed by atoms with Gasteiger partial charge in [-0.05, 0) is 66.9 Å². The molecule has 2 atom stereocenters. The molecule has 0 aliphatic carbocycles. The first kappa shape index (κ1) is 18.5. The molecular weight excluding hydrogens is 326 g/mol. The third kappa shape index (κ3) is 6.84. The van der Waals surface area contributed by atoms with Crippen molar-refractivity contribution >= 4 is 15.9 Å². The monoisotopic (exact) mass is 355 g/mol. The molecule has 1 aromatic carbocycles. The maximum atomic E-state index is 6.05. The Bertz CT molecular complexity index is 408. The van der Waals surface area contributed by atoms with Crippen molar-refractivity contribution in [2.24, 2.45) is 0 Å². The lowest BCUT2D eigenvalue weighted by molar-refractivity contribution is 0.205. The fourth-order valence-electron chi connectivity index (χ4n) is 2.44. The third-order valence-electron chi connectivity index (χ3n) is 3.76. The van der Waals surface area contributed by atoms with E-state index in [1.165, 1.54) is 31.2 Å². The molecule has 0 aliphatic heterocycles. The summed E-state index contributed by atoms with van der Waals surface area (Å²) in [7, 11) is 0. The van der Waals surface area contributed by atoms with Crippen molar-refractivity contribution in [1.82, 2.24) is 5.32 Å². The first-order chi connectivity index (χ1) is 10.1. The van der Waals surface area contributed by atoms with Crippen molar-refractivity contribution in [2.75, 3.05) is 6.54 Å². The highest BCUT2D eigenvalue weighted by molar-refractivity contribution is 9.10. The molecule has 1 N–H and O–H groups in total. The average molecular weight is 356 g/mol. The van der Waals surface area contributed by atoms with Gasteiger partial charge in [0.25, 0.3) is 0 Å². The van der Waals surface area contributed by atoms with Gasteiger partial charge in [-0.15, -0.1) is 0 Å². The smallest absolute Gasteiger partial charge is 0.133 e. The minimum Gasteiger partial charge on any atom is -0.490 e. The standard InChI is InChI=1S/C18H30BrNO/c1-5-7-8-9-10-14(3)21-18-12-11-16(13-17(18)19)15(4)20-6-2/h11-15,20H,5-10H2,1-4H3. The van der Waals surface area contributed by atoms with Gasteiger partial charge >= 0.3 is 0 Å². The lowest BCUT2D eigenvalue weighted by atomic mass is 10.1. The molecule has 120 valence electrons.